The summed E-state index contributed by atoms with van der Waals surface area (Å²) in [6.45, 7) is 4.36. The molecule has 0 saturated carbocycles. The molecule has 214 valence electrons. The van der Waals surface area contributed by atoms with Crippen LogP contribution in [0.25, 0.3) is 0 Å². The van der Waals surface area contributed by atoms with Crippen molar-refractivity contribution in [3.05, 3.63) is 60.2 Å². The summed E-state index contributed by atoms with van der Waals surface area (Å²) >= 11 is 0. The molecule has 40 heavy (non-hydrogen) atoms. The van der Waals surface area contributed by atoms with Gasteiger partial charge >= 0.3 is 5.97 Å². The third kappa shape index (κ3) is 4.66. The number of cyclic esters (lactones) is 1. The molecule has 6 rings (SSSR count). The highest BCUT2D eigenvalue weighted by Gasteiger charge is 2.72. The minimum absolute atomic E-state index is 0.243. The number of hydrogen-bond donors (Lipinski definition) is 1. The number of aliphatic hydroxyl groups is 1. The topological polar surface area (TPSA) is 109 Å². The van der Waals surface area contributed by atoms with Crippen LogP contribution in [0.2, 0.25) is 0 Å². The maximum absolute atomic E-state index is 14.5. The molecule has 2 amide bonds. The lowest BCUT2D eigenvalue weighted by Gasteiger charge is -2.39. The summed E-state index contributed by atoms with van der Waals surface area (Å²) in [6, 6.07) is 7.40. The molecular formula is C30H37N3O7. The van der Waals surface area contributed by atoms with E-state index in [4.69, 9.17) is 14.2 Å². The van der Waals surface area contributed by atoms with E-state index in [2.05, 4.69) is 4.90 Å². The SMILES string of the molecule is O=C1OCCC/C=C\[C@H]2O[C@]34C=CCN(CCN5CCOCC5)C(=O)C3N([C@H](CO)c3ccccc3)C(=O)[C@@H]4[C@@H]12. The van der Waals surface area contributed by atoms with Gasteiger partial charge < -0.3 is 29.1 Å². The summed E-state index contributed by atoms with van der Waals surface area (Å²) in [5.74, 6) is -2.94. The first-order chi connectivity index (χ1) is 19.5. The Labute approximate surface area is 234 Å². The maximum atomic E-state index is 14.5. The molecule has 6 atom stereocenters. The summed E-state index contributed by atoms with van der Waals surface area (Å²) in [5.41, 5.74) is -0.648. The van der Waals surface area contributed by atoms with Crippen LogP contribution in [0, 0.1) is 11.8 Å². The Kier molecular flexibility index (Phi) is 7.76. The van der Waals surface area contributed by atoms with Gasteiger partial charge in [-0.2, -0.15) is 0 Å². The summed E-state index contributed by atoms with van der Waals surface area (Å²) in [7, 11) is 0. The zero-order chi connectivity index (χ0) is 27.7. The van der Waals surface area contributed by atoms with Crippen LogP contribution in [0.5, 0.6) is 0 Å². The number of rotatable bonds is 6. The number of likely N-dealkylation sites (tertiary alicyclic amines) is 1. The van der Waals surface area contributed by atoms with Gasteiger partial charge in [0, 0.05) is 32.7 Å². The van der Waals surface area contributed by atoms with Crippen molar-refractivity contribution in [1.82, 2.24) is 14.7 Å². The fourth-order valence-electron chi connectivity index (χ4n) is 6.89. The number of aliphatic hydroxyl groups excluding tert-OH is 1. The second-order valence-electron chi connectivity index (χ2n) is 11.1. The molecule has 3 fully saturated rings. The Hall–Kier alpha value is -3.05. The smallest absolute Gasteiger partial charge is 0.312 e. The Bertz CT molecular complexity index is 1170. The average Bonchev–Trinajstić information content (AvgIpc) is 3.39. The third-order valence-electron chi connectivity index (χ3n) is 8.86. The Morgan fingerprint density at radius 1 is 1.00 bits per heavy atom. The number of fused-ring (bicyclic) bond motifs is 2. The molecule has 1 spiro atoms. The van der Waals surface area contributed by atoms with E-state index in [0.717, 1.165) is 19.5 Å². The molecule has 0 bridgehead atoms. The van der Waals surface area contributed by atoms with Crippen LogP contribution < -0.4 is 0 Å². The number of ether oxygens (including phenoxy) is 3. The molecule has 1 unspecified atom stereocenters. The second kappa shape index (κ2) is 11.4. The van der Waals surface area contributed by atoms with Crippen molar-refractivity contribution >= 4 is 17.8 Å². The first-order valence-corrected chi connectivity index (χ1v) is 14.3. The number of hydrogen-bond acceptors (Lipinski definition) is 8. The predicted molar refractivity (Wildman–Crippen MR) is 144 cm³/mol. The van der Waals surface area contributed by atoms with Gasteiger partial charge in [0.2, 0.25) is 11.8 Å². The van der Waals surface area contributed by atoms with Crippen LogP contribution in [0.4, 0.5) is 0 Å². The van der Waals surface area contributed by atoms with E-state index in [1.54, 1.807) is 4.90 Å². The monoisotopic (exact) mass is 551 g/mol. The lowest BCUT2D eigenvalue weighted by Crippen LogP contribution is -2.57. The van der Waals surface area contributed by atoms with Gasteiger partial charge in [-0.05, 0) is 18.4 Å². The number of benzene rings is 1. The first-order valence-electron chi connectivity index (χ1n) is 14.3. The molecule has 1 aromatic carbocycles. The van der Waals surface area contributed by atoms with Crippen LogP contribution in [0.3, 0.4) is 0 Å². The van der Waals surface area contributed by atoms with Gasteiger partial charge in [-0.25, -0.2) is 0 Å². The summed E-state index contributed by atoms with van der Waals surface area (Å²) in [6.07, 6.45) is 8.25. The minimum Gasteiger partial charge on any atom is -0.465 e. The average molecular weight is 552 g/mol. The lowest BCUT2D eigenvalue weighted by molar-refractivity contribution is -0.156. The number of morpholine rings is 1. The summed E-state index contributed by atoms with van der Waals surface area (Å²) in [4.78, 5) is 47.8. The van der Waals surface area contributed by atoms with Crippen molar-refractivity contribution in [3.8, 4) is 0 Å². The highest BCUT2D eigenvalue weighted by atomic mass is 16.6. The highest BCUT2D eigenvalue weighted by Crippen LogP contribution is 2.54. The lowest BCUT2D eigenvalue weighted by atomic mass is 9.78. The van der Waals surface area contributed by atoms with E-state index >= 15 is 0 Å². The number of carbonyl (C=O) groups is 3. The van der Waals surface area contributed by atoms with E-state index in [-0.39, 0.29) is 25.0 Å². The summed E-state index contributed by atoms with van der Waals surface area (Å²) in [5, 5.41) is 10.6. The highest BCUT2D eigenvalue weighted by molar-refractivity contribution is 5.99. The molecule has 1 aromatic rings. The van der Waals surface area contributed by atoms with E-state index in [0.29, 0.717) is 44.8 Å². The van der Waals surface area contributed by atoms with Crippen LogP contribution >= 0.6 is 0 Å². The molecule has 0 aromatic heterocycles. The van der Waals surface area contributed by atoms with Crippen molar-refractivity contribution in [2.45, 2.75) is 36.6 Å². The molecule has 5 heterocycles. The Morgan fingerprint density at radius 2 is 1.80 bits per heavy atom. The third-order valence-corrected chi connectivity index (χ3v) is 8.86. The molecule has 10 heteroatoms. The number of allylic oxidation sites excluding steroid dienone is 1. The fourth-order valence-corrected chi connectivity index (χ4v) is 6.89. The van der Waals surface area contributed by atoms with Gasteiger partial charge in [-0.15, -0.1) is 0 Å². The van der Waals surface area contributed by atoms with Gasteiger partial charge in [0.05, 0.1) is 44.5 Å². The Balaban J connectivity index is 1.40. The maximum Gasteiger partial charge on any atom is 0.312 e. The number of carbonyl (C=O) groups excluding carboxylic acids is 3. The predicted octanol–water partition coefficient (Wildman–Crippen LogP) is 0.925. The van der Waals surface area contributed by atoms with Gasteiger partial charge in [-0.3, -0.25) is 19.3 Å². The van der Waals surface area contributed by atoms with Crippen molar-refractivity contribution in [3.63, 3.8) is 0 Å². The van der Waals surface area contributed by atoms with Crippen LogP contribution in [0.1, 0.15) is 24.4 Å². The van der Waals surface area contributed by atoms with E-state index in [9.17, 15) is 19.5 Å². The van der Waals surface area contributed by atoms with Crippen molar-refractivity contribution < 1.29 is 33.7 Å². The molecule has 10 nitrogen and oxygen atoms in total. The molecule has 3 saturated heterocycles. The van der Waals surface area contributed by atoms with Gasteiger partial charge in [0.15, 0.2) is 0 Å². The van der Waals surface area contributed by atoms with Crippen molar-refractivity contribution in [2.75, 3.05) is 59.2 Å². The van der Waals surface area contributed by atoms with Gasteiger partial charge in [0.25, 0.3) is 0 Å². The van der Waals surface area contributed by atoms with E-state index < -0.39 is 41.6 Å². The number of nitrogens with zero attached hydrogens (tertiary/aromatic N) is 3. The molecule has 5 aliphatic heterocycles. The Morgan fingerprint density at radius 3 is 2.58 bits per heavy atom. The normalized spacial score (nSPS) is 34.2. The molecule has 1 N–H and O–H groups in total. The minimum atomic E-state index is -1.36. The molecule has 0 radical (unpaired) electrons. The zero-order valence-corrected chi connectivity index (χ0v) is 22.6. The number of amides is 2. The molecule has 5 aliphatic rings. The van der Waals surface area contributed by atoms with Crippen LogP contribution in [-0.4, -0.2) is 114 Å². The van der Waals surface area contributed by atoms with E-state index in [1.165, 1.54) is 4.90 Å². The molecular weight excluding hydrogens is 514 g/mol. The quantitative estimate of drug-likeness (QED) is 0.411. The number of esters is 1. The van der Waals surface area contributed by atoms with Gasteiger partial charge in [0.1, 0.15) is 17.6 Å². The second-order valence-corrected chi connectivity index (χ2v) is 11.1. The molecule has 0 aliphatic carbocycles. The van der Waals surface area contributed by atoms with Crippen molar-refractivity contribution in [1.29, 1.82) is 0 Å². The van der Waals surface area contributed by atoms with Crippen LogP contribution in [0.15, 0.2) is 54.6 Å². The fraction of sp³-hybridized carbons (Fsp3) is 0.567. The van der Waals surface area contributed by atoms with Gasteiger partial charge in [-0.1, -0.05) is 54.6 Å². The first kappa shape index (κ1) is 27.1. The largest absolute Gasteiger partial charge is 0.465 e. The van der Waals surface area contributed by atoms with Crippen LogP contribution in [-0.2, 0) is 28.6 Å². The summed E-state index contributed by atoms with van der Waals surface area (Å²) < 4.78 is 17.7. The zero-order valence-electron chi connectivity index (χ0n) is 22.6. The van der Waals surface area contributed by atoms with Crippen molar-refractivity contribution in [2.24, 2.45) is 11.8 Å². The van der Waals surface area contributed by atoms with E-state index in [1.807, 2.05) is 54.6 Å². The standard InChI is InChI=1S/C30H37N3O7/c34-20-22(21-8-3-1-4-9-21)33-26-28(36)32(14-13-31-15-18-38-19-16-31)12-7-11-30(26)25(27(33)35)24-23(40-30)10-5-2-6-17-39-29(24)37/h1,3-5,7-11,22-26,34H,2,6,12-20H2/b10-5-/t22-,23-,24+,25+,26?,30+/m1/s1.